The second-order valence-corrected chi connectivity index (χ2v) is 0.750. The second-order valence-electron chi connectivity index (χ2n) is 0.750. The van der Waals surface area contributed by atoms with Crippen LogP contribution in [-0.4, -0.2) is 62.3 Å². The Hall–Kier alpha value is 0.191. The van der Waals surface area contributed by atoms with Crippen molar-refractivity contribution in [3.8, 4) is 0 Å². The smallest absolute Gasteiger partial charge is 0.652 e. The largest absolute Gasteiger partial charge is 3.00 e. The van der Waals surface area contributed by atoms with E-state index in [0.29, 0.717) is 0 Å². The van der Waals surface area contributed by atoms with Crippen molar-refractivity contribution in [3.05, 3.63) is 0 Å². The molecule has 0 rings (SSSR count). The summed E-state index contributed by atoms with van der Waals surface area (Å²) >= 11 is 0. The van der Waals surface area contributed by atoms with E-state index in [0.717, 1.165) is 0 Å². The fraction of sp³-hybridized carbons (Fsp3) is 0. The van der Waals surface area contributed by atoms with E-state index in [1.165, 1.54) is 0 Å². The minimum Gasteiger partial charge on any atom is -0.652 e. The van der Waals surface area contributed by atoms with Gasteiger partial charge in [-0.25, -0.2) is 0 Å². The Morgan fingerprint density at radius 2 is 0.364 bits per heavy atom. The standard InChI is InChI=1S/3CH2O3.2Nd.8H2O/c3*2-1(3)4;;;;;;;;;;/h3*(H2,2,3,4);;;8*1H2/q;;;2*+3;;;;;;;;/p-6. The minimum absolute atomic E-state index is 0. The Bertz CT molecular complexity index is 119. The molecule has 22 heavy (non-hydrogen) atoms. The Balaban J connectivity index is -0.00000000409. The summed E-state index contributed by atoms with van der Waals surface area (Å²) in [4.78, 5) is 25.0. The van der Waals surface area contributed by atoms with Gasteiger partial charge in [0.1, 0.15) is 0 Å². The third-order valence-electron chi connectivity index (χ3n) is 0. The number of hydrogen-bond acceptors (Lipinski definition) is 9. The van der Waals surface area contributed by atoms with Crippen molar-refractivity contribution >= 4 is 18.5 Å². The van der Waals surface area contributed by atoms with Gasteiger partial charge in [-0.05, 0) is 18.5 Å². The van der Waals surface area contributed by atoms with E-state index in [4.69, 9.17) is 45.0 Å². The van der Waals surface area contributed by atoms with Gasteiger partial charge in [0.2, 0.25) is 0 Å². The molecule has 0 aliphatic heterocycles. The van der Waals surface area contributed by atoms with Gasteiger partial charge in [0.05, 0.1) is 0 Å². The monoisotopic (exact) mass is 608 g/mol. The van der Waals surface area contributed by atoms with Gasteiger partial charge >= 0.3 is 81.7 Å². The molecule has 0 aliphatic rings. The molecule has 0 bridgehead atoms. The molecule has 0 heterocycles. The Labute approximate surface area is 187 Å². The van der Waals surface area contributed by atoms with Crippen LogP contribution < -0.4 is 30.6 Å². The summed E-state index contributed by atoms with van der Waals surface area (Å²) in [6.45, 7) is 0. The molecule has 0 amide bonds. The van der Waals surface area contributed by atoms with E-state index < -0.39 is 18.5 Å². The van der Waals surface area contributed by atoms with E-state index in [2.05, 4.69) is 0 Å². The fourth-order valence-electron chi connectivity index (χ4n) is 0. The zero-order valence-electron chi connectivity index (χ0n) is 10.2. The topological polar surface area (TPSA) is 442 Å². The molecule has 16 N–H and O–H groups in total. The summed E-state index contributed by atoms with van der Waals surface area (Å²) < 4.78 is 0. The molecule has 0 fully saturated rings. The zero-order chi connectivity index (χ0) is 10.7. The van der Waals surface area contributed by atoms with Crippen LogP contribution in [0.3, 0.4) is 0 Å². The Kier molecular flexibility index (Phi) is 548. The molecule has 138 valence electrons. The Morgan fingerprint density at radius 1 is 0.364 bits per heavy atom. The summed E-state index contributed by atoms with van der Waals surface area (Å²) in [5.41, 5.74) is 0. The first-order valence-corrected chi connectivity index (χ1v) is 1.84. The average molecular weight is 613 g/mol. The van der Waals surface area contributed by atoms with Crippen LogP contribution in [0.2, 0.25) is 0 Å². The van der Waals surface area contributed by atoms with E-state index in [-0.39, 0.29) is 125 Å². The summed E-state index contributed by atoms with van der Waals surface area (Å²) in [6.07, 6.45) is -7.00. The first-order valence-electron chi connectivity index (χ1n) is 1.84. The number of carboxylic acid groups (broad SMARTS) is 6. The molecule has 0 saturated heterocycles. The van der Waals surface area contributed by atoms with E-state index in [9.17, 15) is 0 Å². The molecule has 0 aromatic carbocycles. The van der Waals surface area contributed by atoms with Gasteiger partial charge in [-0.1, -0.05) is 0 Å². The van der Waals surface area contributed by atoms with Crippen LogP contribution in [0, 0.1) is 81.7 Å². The van der Waals surface area contributed by atoms with Crippen LogP contribution in [-0.2, 0) is 0 Å². The fourth-order valence-corrected chi connectivity index (χ4v) is 0. The average Bonchev–Trinajstić information content (AvgIpc) is 1.54. The molecule has 2 radical (unpaired) electrons. The molecule has 0 unspecified atom stereocenters. The number of carbonyl (C=O) groups excluding carboxylic acids is 3. The molecule has 0 aromatic rings. The summed E-state index contributed by atoms with van der Waals surface area (Å²) in [5.74, 6) is 0. The molecule has 17 nitrogen and oxygen atoms in total. The molecule has 19 heteroatoms. The molecule has 0 spiro atoms. The number of rotatable bonds is 0. The van der Waals surface area contributed by atoms with Gasteiger partial charge in [0.15, 0.2) is 0 Å². The predicted octanol–water partition coefficient (Wildman–Crippen LogP) is -13.9. The maximum atomic E-state index is 8.33. The first kappa shape index (κ1) is 118. The number of hydrogen-bond donors (Lipinski definition) is 0. The van der Waals surface area contributed by atoms with Crippen LogP contribution in [0.4, 0.5) is 14.4 Å². The predicted molar refractivity (Wildman–Crippen MR) is 45.1 cm³/mol. The summed E-state index contributed by atoms with van der Waals surface area (Å²) in [7, 11) is 0. The summed E-state index contributed by atoms with van der Waals surface area (Å²) in [5, 5.41) is 50.0. The molecule has 0 aromatic heterocycles. The van der Waals surface area contributed by atoms with Gasteiger partial charge in [-0.3, -0.25) is 0 Å². The minimum atomic E-state index is -2.33. The zero-order valence-corrected chi connectivity index (χ0v) is 16.6. The van der Waals surface area contributed by atoms with Gasteiger partial charge in [0.25, 0.3) is 0 Å². The SMILES string of the molecule is O.O.O.O.O.O.O.O.O=C([O-])[O-].O=C([O-])[O-].O=C([O-])[O-].[Nd+3].[Nd+3]. The van der Waals surface area contributed by atoms with Crippen LogP contribution in [0.5, 0.6) is 0 Å². The number of carbonyl (C=O) groups is 3. The molecule has 0 aliphatic carbocycles. The summed E-state index contributed by atoms with van der Waals surface area (Å²) in [6, 6.07) is 0. The Morgan fingerprint density at radius 3 is 0.364 bits per heavy atom. The van der Waals surface area contributed by atoms with Crippen LogP contribution in [0.15, 0.2) is 0 Å². The van der Waals surface area contributed by atoms with Gasteiger partial charge in [0, 0.05) is 0 Å². The molecule has 0 atom stereocenters. The van der Waals surface area contributed by atoms with Crippen LogP contribution in [0.25, 0.3) is 0 Å². The van der Waals surface area contributed by atoms with E-state index >= 15 is 0 Å². The third kappa shape index (κ3) is 203000. The van der Waals surface area contributed by atoms with Crippen molar-refractivity contribution in [2.24, 2.45) is 0 Å². The van der Waals surface area contributed by atoms with Crippen molar-refractivity contribution in [3.63, 3.8) is 0 Å². The van der Waals surface area contributed by atoms with Crippen LogP contribution in [0.1, 0.15) is 0 Å². The van der Waals surface area contributed by atoms with Gasteiger partial charge < -0.3 is 88.8 Å². The van der Waals surface area contributed by atoms with Crippen molar-refractivity contribution in [1.29, 1.82) is 0 Å². The molecule has 0 saturated carbocycles. The first-order chi connectivity index (χ1) is 5.20. The van der Waals surface area contributed by atoms with Gasteiger partial charge in [-0.2, -0.15) is 0 Å². The molecular formula is C3H16Nd2O17. The quantitative estimate of drug-likeness (QED) is 0.250. The second kappa shape index (κ2) is 102. The van der Waals surface area contributed by atoms with Crippen molar-refractivity contribution in [1.82, 2.24) is 0 Å². The third-order valence-corrected chi connectivity index (χ3v) is 0. The van der Waals surface area contributed by atoms with Crippen molar-refractivity contribution < 1.29 is 171 Å². The molecular weight excluding hydrogens is 596 g/mol. The maximum absolute atomic E-state index is 8.33. The van der Waals surface area contributed by atoms with Crippen LogP contribution >= 0.6 is 0 Å². The van der Waals surface area contributed by atoms with E-state index in [1.54, 1.807) is 0 Å². The van der Waals surface area contributed by atoms with Crippen molar-refractivity contribution in [2.45, 2.75) is 0 Å². The van der Waals surface area contributed by atoms with E-state index in [1.807, 2.05) is 0 Å². The normalized spacial score (nSPS) is 3.27. The maximum Gasteiger partial charge on any atom is 3.00 e. The van der Waals surface area contributed by atoms with Gasteiger partial charge in [-0.15, -0.1) is 0 Å². The van der Waals surface area contributed by atoms with Crippen molar-refractivity contribution in [2.75, 3.05) is 0 Å².